The van der Waals surface area contributed by atoms with Crippen molar-refractivity contribution in [3.63, 3.8) is 0 Å². The van der Waals surface area contributed by atoms with Crippen LogP contribution >= 0.6 is 0 Å². The molecule has 2 rings (SSSR count). The molecule has 0 bridgehead atoms. The Labute approximate surface area is 92.7 Å². The van der Waals surface area contributed by atoms with E-state index in [1.54, 1.807) is 19.2 Å². The van der Waals surface area contributed by atoms with Gasteiger partial charge < -0.3 is 4.74 Å². The van der Waals surface area contributed by atoms with E-state index in [0.29, 0.717) is 24.1 Å². The van der Waals surface area contributed by atoms with E-state index in [2.05, 4.69) is 10.3 Å². The Kier molecular flexibility index (Phi) is 3.26. The van der Waals surface area contributed by atoms with E-state index < -0.39 is 0 Å². The molecule has 1 heterocycles. The van der Waals surface area contributed by atoms with Crippen LogP contribution in [-0.2, 0) is 11.3 Å². The molecule has 1 aromatic carbocycles. The summed E-state index contributed by atoms with van der Waals surface area (Å²) in [7, 11) is 1.63. The Bertz CT molecular complexity index is 536. The van der Waals surface area contributed by atoms with Gasteiger partial charge in [0.2, 0.25) is 0 Å². The molecular formula is C11H13N3O2. The zero-order valence-electron chi connectivity index (χ0n) is 9.09. The van der Waals surface area contributed by atoms with Crippen molar-refractivity contribution in [1.82, 2.24) is 15.0 Å². The van der Waals surface area contributed by atoms with E-state index in [9.17, 15) is 4.79 Å². The summed E-state index contributed by atoms with van der Waals surface area (Å²) in [5.41, 5.74) is 0.539. The molecule has 0 aliphatic heterocycles. The molecule has 0 saturated carbocycles. The van der Waals surface area contributed by atoms with Gasteiger partial charge in [0.25, 0.3) is 5.56 Å². The summed E-state index contributed by atoms with van der Waals surface area (Å²) in [6, 6.07) is 7.21. The maximum Gasteiger partial charge on any atom is 0.277 e. The van der Waals surface area contributed by atoms with Crippen LogP contribution in [0.4, 0.5) is 0 Å². The van der Waals surface area contributed by atoms with Gasteiger partial charge in [-0.15, -0.1) is 5.10 Å². The fourth-order valence-electron chi connectivity index (χ4n) is 1.53. The Morgan fingerprint density at radius 1 is 1.38 bits per heavy atom. The molecule has 0 aliphatic carbocycles. The lowest BCUT2D eigenvalue weighted by Crippen LogP contribution is -2.24. The molecule has 5 nitrogen and oxygen atoms in total. The number of hydrogen-bond donors (Lipinski definition) is 0. The van der Waals surface area contributed by atoms with Crippen LogP contribution in [0.2, 0.25) is 0 Å². The molecule has 0 aliphatic rings. The SMILES string of the molecule is COCCCn1nnc2ccccc2c1=O. The highest BCUT2D eigenvalue weighted by Gasteiger charge is 2.03. The minimum absolute atomic E-state index is 0.0956. The van der Waals surface area contributed by atoms with E-state index in [1.165, 1.54) is 4.68 Å². The lowest BCUT2D eigenvalue weighted by atomic mass is 10.2. The highest BCUT2D eigenvalue weighted by Crippen LogP contribution is 2.03. The number of aromatic nitrogens is 3. The van der Waals surface area contributed by atoms with Crippen molar-refractivity contribution in [3.8, 4) is 0 Å². The number of methoxy groups -OCH3 is 1. The van der Waals surface area contributed by atoms with Crippen molar-refractivity contribution < 1.29 is 4.74 Å². The number of hydrogen-bond acceptors (Lipinski definition) is 4. The average molecular weight is 219 g/mol. The van der Waals surface area contributed by atoms with Crippen LogP contribution in [0.15, 0.2) is 29.1 Å². The second kappa shape index (κ2) is 4.85. The average Bonchev–Trinajstić information content (AvgIpc) is 2.33. The number of nitrogens with zero attached hydrogens (tertiary/aromatic N) is 3. The highest BCUT2D eigenvalue weighted by atomic mass is 16.5. The van der Waals surface area contributed by atoms with E-state index in [1.807, 2.05) is 12.1 Å². The highest BCUT2D eigenvalue weighted by molar-refractivity contribution is 5.76. The second-order valence-corrected chi connectivity index (χ2v) is 3.48. The van der Waals surface area contributed by atoms with E-state index in [4.69, 9.17) is 4.74 Å². The van der Waals surface area contributed by atoms with Gasteiger partial charge in [0.15, 0.2) is 0 Å². The Morgan fingerprint density at radius 3 is 3.00 bits per heavy atom. The van der Waals surface area contributed by atoms with Crippen molar-refractivity contribution in [2.75, 3.05) is 13.7 Å². The number of benzene rings is 1. The standard InChI is InChI=1S/C11H13N3O2/c1-16-8-4-7-14-11(15)9-5-2-3-6-10(9)12-13-14/h2-3,5-6H,4,7-8H2,1H3. The summed E-state index contributed by atoms with van der Waals surface area (Å²) in [6.45, 7) is 1.14. The molecule has 0 atom stereocenters. The number of aryl methyl sites for hydroxylation is 1. The largest absolute Gasteiger partial charge is 0.385 e. The molecule has 0 unspecified atom stereocenters. The third-order valence-electron chi connectivity index (χ3n) is 2.35. The van der Waals surface area contributed by atoms with Crippen molar-refractivity contribution in [2.45, 2.75) is 13.0 Å². The molecule has 2 aromatic rings. The molecule has 84 valence electrons. The third kappa shape index (κ3) is 2.09. The first-order valence-corrected chi connectivity index (χ1v) is 5.14. The Hall–Kier alpha value is -1.75. The summed E-state index contributed by atoms with van der Waals surface area (Å²) >= 11 is 0. The first kappa shape index (κ1) is 10.8. The van der Waals surface area contributed by atoms with Crippen LogP contribution in [0.3, 0.4) is 0 Å². The zero-order valence-corrected chi connectivity index (χ0v) is 9.09. The quantitative estimate of drug-likeness (QED) is 0.715. The van der Waals surface area contributed by atoms with Gasteiger partial charge in [0.05, 0.1) is 5.39 Å². The first-order valence-electron chi connectivity index (χ1n) is 5.14. The lowest BCUT2D eigenvalue weighted by molar-refractivity contribution is 0.188. The fraction of sp³-hybridized carbons (Fsp3) is 0.364. The van der Waals surface area contributed by atoms with Gasteiger partial charge in [-0.3, -0.25) is 4.79 Å². The molecule has 0 spiro atoms. The number of fused-ring (bicyclic) bond motifs is 1. The summed E-state index contributed by atoms with van der Waals surface area (Å²) in [6.07, 6.45) is 0.753. The molecule has 0 saturated heterocycles. The van der Waals surface area contributed by atoms with Crippen molar-refractivity contribution >= 4 is 10.9 Å². The monoisotopic (exact) mass is 219 g/mol. The van der Waals surface area contributed by atoms with Crippen LogP contribution in [0.25, 0.3) is 10.9 Å². The van der Waals surface area contributed by atoms with Crippen LogP contribution < -0.4 is 5.56 Å². The second-order valence-electron chi connectivity index (χ2n) is 3.48. The number of ether oxygens (including phenoxy) is 1. The smallest absolute Gasteiger partial charge is 0.277 e. The van der Waals surface area contributed by atoms with Crippen LogP contribution in [-0.4, -0.2) is 28.7 Å². The van der Waals surface area contributed by atoms with Gasteiger partial charge in [0.1, 0.15) is 5.52 Å². The van der Waals surface area contributed by atoms with Crippen molar-refractivity contribution in [1.29, 1.82) is 0 Å². The van der Waals surface area contributed by atoms with Gasteiger partial charge in [-0.1, -0.05) is 17.3 Å². The fourth-order valence-corrected chi connectivity index (χ4v) is 1.53. The van der Waals surface area contributed by atoms with Gasteiger partial charge in [-0.2, -0.15) is 0 Å². The number of rotatable bonds is 4. The first-order chi connectivity index (χ1) is 7.83. The molecular weight excluding hydrogens is 206 g/mol. The van der Waals surface area contributed by atoms with Gasteiger partial charge in [-0.25, -0.2) is 4.68 Å². The molecule has 0 N–H and O–H groups in total. The minimum Gasteiger partial charge on any atom is -0.385 e. The third-order valence-corrected chi connectivity index (χ3v) is 2.35. The van der Waals surface area contributed by atoms with E-state index in [-0.39, 0.29) is 5.56 Å². The zero-order chi connectivity index (χ0) is 11.4. The summed E-state index contributed by atoms with van der Waals surface area (Å²) in [5.74, 6) is 0. The summed E-state index contributed by atoms with van der Waals surface area (Å²) < 4.78 is 6.30. The van der Waals surface area contributed by atoms with Gasteiger partial charge in [-0.05, 0) is 18.6 Å². The topological polar surface area (TPSA) is 57.0 Å². The predicted octanol–water partition coefficient (Wildman–Crippen LogP) is 0.828. The minimum atomic E-state index is -0.0956. The van der Waals surface area contributed by atoms with Gasteiger partial charge in [0, 0.05) is 20.3 Å². The maximum absolute atomic E-state index is 11.9. The van der Waals surface area contributed by atoms with Gasteiger partial charge >= 0.3 is 0 Å². The molecule has 1 aromatic heterocycles. The predicted molar refractivity (Wildman–Crippen MR) is 60.3 cm³/mol. The van der Waals surface area contributed by atoms with E-state index >= 15 is 0 Å². The molecule has 16 heavy (non-hydrogen) atoms. The van der Waals surface area contributed by atoms with Crippen molar-refractivity contribution in [3.05, 3.63) is 34.6 Å². The Balaban J connectivity index is 2.33. The lowest BCUT2D eigenvalue weighted by Gasteiger charge is -2.03. The molecule has 0 fully saturated rings. The molecule has 5 heteroatoms. The normalized spacial score (nSPS) is 10.8. The molecule has 0 radical (unpaired) electrons. The Morgan fingerprint density at radius 2 is 2.19 bits per heavy atom. The van der Waals surface area contributed by atoms with Crippen LogP contribution in [0.1, 0.15) is 6.42 Å². The molecule has 0 amide bonds. The van der Waals surface area contributed by atoms with Crippen molar-refractivity contribution in [2.24, 2.45) is 0 Å². The van der Waals surface area contributed by atoms with Crippen LogP contribution in [0.5, 0.6) is 0 Å². The maximum atomic E-state index is 11.9. The summed E-state index contributed by atoms with van der Waals surface area (Å²) in [5, 5.41) is 8.48. The van der Waals surface area contributed by atoms with Crippen LogP contribution in [0, 0.1) is 0 Å². The van der Waals surface area contributed by atoms with E-state index in [0.717, 1.165) is 6.42 Å². The summed E-state index contributed by atoms with van der Waals surface area (Å²) in [4.78, 5) is 11.9.